The summed E-state index contributed by atoms with van der Waals surface area (Å²) >= 11 is 0. The molecule has 134 valence electrons. The molecule has 0 aromatic heterocycles. The van der Waals surface area contributed by atoms with Gasteiger partial charge in [-0.25, -0.2) is 0 Å². The van der Waals surface area contributed by atoms with E-state index in [1.54, 1.807) is 24.3 Å². The van der Waals surface area contributed by atoms with Crippen molar-refractivity contribution in [2.24, 2.45) is 0 Å². The van der Waals surface area contributed by atoms with Crippen molar-refractivity contribution in [1.29, 1.82) is 0 Å². The number of aryl methyl sites for hydroxylation is 1. The molecule has 2 aromatic carbocycles. The Bertz CT molecular complexity index is 808. The van der Waals surface area contributed by atoms with Crippen molar-refractivity contribution in [2.45, 2.75) is 32.7 Å². The predicted octanol–water partition coefficient (Wildman–Crippen LogP) is 3.11. The fourth-order valence-corrected chi connectivity index (χ4v) is 3.09. The van der Waals surface area contributed by atoms with Crippen LogP contribution in [0.3, 0.4) is 0 Å². The quantitative estimate of drug-likeness (QED) is 0.814. The molecule has 1 unspecified atom stereocenters. The van der Waals surface area contributed by atoms with Crippen LogP contribution < -0.4 is 5.32 Å². The van der Waals surface area contributed by atoms with Crippen LogP contribution >= 0.6 is 0 Å². The molecule has 1 N–H and O–H groups in total. The third kappa shape index (κ3) is 3.52. The van der Waals surface area contributed by atoms with Gasteiger partial charge in [0.15, 0.2) is 0 Å². The van der Waals surface area contributed by atoms with Gasteiger partial charge in [0.1, 0.15) is 0 Å². The van der Waals surface area contributed by atoms with Gasteiger partial charge >= 0.3 is 0 Å². The van der Waals surface area contributed by atoms with Crippen LogP contribution in [0.25, 0.3) is 0 Å². The van der Waals surface area contributed by atoms with E-state index >= 15 is 0 Å². The minimum absolute atomic E-state index is 0.0830. The van der Waals surface area contributed by atoms with E-state index in [1.165, 1.54) is 5.56 Å². The van der Waals surface area contributed by atoms with Crippen LogP contribution in [0.2, 0.25) is 0 Å². The SMILES string of the molecule is CCc1ccc(C(C)NC(=O)CCN2C(=O)c3ccccc3C2=O)cc1. The molecule has 5 heteroatoms. The van der Waals surface area contributed by atoms with Gasteiger partial charge in [0.25, 0.3) is 11.8 Å². The lowest BCUT2D eigenvalue weighted by Crippen LogP contribution is -2.35. The highest BCUT2D eigenvalue weighted by molar-refractivity contribution is 6.21. The smallest absolute Gasteiger partial charge is 0.261 e. The highest BCUT2D eigenvalue weighted by atomic mass is 16.2. The average molecular weight is 350 g/mol. The molecule has 0 bridgehead atoms. The summed E-state index contributed by atoms with van der Waals surface area (Å²) in [4.78, 5) is 38.0. The Morgan fingerprint density at radius 3 is 2.12 bits per heavy atom. The van der Waals surface area contributed by atoms with Crippen molar-refractivity contribution in [1.82, 2.24) is 10.2 Å². The minimum atomic E-state index is -0.332. The topological polar surface area (TPSA) is 66.5 Å². The normalized spacial score (nSPS) is 14.3. The molecular weight excluding hydrogens is 328 g/mol. The lowest BCUT2D eigenvalue weighted by atomic mass is 10.0. The fourth-order valence-electron chi connectivity index (χ4n) is 3.09. The van der Waals surface area contributed by atoms with Crippen LogP contribution in [0.4, 0.5) is 0 Å². The van der Waals surface area contributed by atoms with Crippen molar-refractivity contribution in [3.8, 4) is 0 Å². The summed E-state index contributed by atoms with van der Waals surface area (Å²) in [5.74, 6) is -0.850. The summed E-state index contributed by atoms with van der Waals surface area (Å²) in [6, 6.07) is 14.7. The molecule has 5 nitrogen and oxygen atoms in total. The first-order valence-corrected chi connectivity index (χ1v) is 8.84. The molecular formula is C21H22N2O3. The lowest BCUT2D eigenvalue weighted by Gasteiger charge is -2.17. The average Bonchev–Trinajstić information content (AvgIpc) is 2.91. The van der Waals surface area contributed by atoms with Gasteiger partial charge in [-0.1, -0.05) is 43.3 Å². The van der Waals surface area contributed by atoms with E-state index in [0.29, 0.717) is 11.1 Å². The van der Waals surface area contributed by atoms with Gasteiger partial charge in [0.2, 0.25) is 5.91 Å². The minimum Gasteiger partial charge on any atom is -0.350 e. The molecule has 2 aromatic rings. The van der Waals surface area contributed by atoms with Gasteiger partial charge in [0, 0.05) is 13.0 Å². The summed E-state index contributed by atoms with van der Waals surface area (Å²) < 4.78 is 0. The van der Waals surface area contributed by atoms with Crippen LogP contribution in [0.1, 0.15) is 58.2 Å². The molecule has 1 atom stereocenters. The molecule has 0 saturated heterocycles. The number of imide groups is 1. The summed E-state index contributed by atoms with van der Waals surface area (Å²) in [5.41, 5.74) is 3.08. The molecule has 3 amide bonds. The van der Waals surface area contributed by atoms with Crippen LogP contribution in [-0.4, -0.2) is 29.2 Å². The number of rotatable bonds is 6. The predicted molar refractivity (Wildman–Crippen MR) is 98.8 cm³/mol. The molecule has 1 aliphatic heterocycles. The first-order valence-electron chi connectivity index (χ1n) is 8.84. The van der Waals surface area contributed by atoms with Gasteiger partial charge in [-0.2, -0.15) is 0 Å². The van der Waals surface area contributed by atoms with Crippen molar-refractivity contribution in [2.75, 3.05) is 6.54 Å². The molecule has 0 saturated carbocycles. The van der Waals surface area contributed by atoms with Crippen molar-refractivity contribution >= 4 is 17.7 Å². The Morgan fingerprint density at radius 1 is 1.00 bits per heavy atom. The first kappa shape index (κ1) is 17.9. The van der Waals surface area contributed by atoms with Gasteiger partial charge in [-0.15, -0.1) is 0 Å². The maximum atomic E-state index is 12.3. The zero-order valence-corrected chi connectivity index (χ0v) is 15.0. The Kier molecular flexibility index (Phi) is 5.16. The maximum absolute atomic E-state index is 12.3. The van der Waals surface area contributed by atoms with E-state index in [2.05, 4.69) is 24.4 Å². The molecule has 0 fully saturated rings. The number of hydrogen-bond acceptors (Lipinski definition) is 3. The highest BCUT2D eigenvalue weighted by Crippen LogP contribution is 2.22. The second-order valence-electron chi connectivity index (χ2n) is 6.44. The summed E-state index contributed by atoms with van der Waals surface area (Å²) in [7, 11) is 0. The number of amides is 3. The number of hydrogen-bond donors (Lipinski definition) is 1. The Morgan fingerprint density at radius 2 is 1.58 bits per heavy atom. The van der Waals surface area contributed by atoms with Crippen LogP contribution in [-0.2, 0) is 11.2 Å². The molecule has 26 heavy (non-hydrogen) atoms. The van der Waals surface area contributed by atoms with E-state index in [9.17, 15) is 14.4 Å². The number of nitrogens with zero attached hydrogens (tertiary/aromatic N) is 1. The van der Waals surface area contributed by atoms with Crippen LogP contribution in [0.5, 0.6) is 0 Å². The van der Waals surface area contributed by atoms with Crippen molar-refractivity contribution in [3.63, 3.8) is 0 Å². The zero-order valence-electron chi connectivity index (χ0n) is 15.0. The Labute approximate surface area is 153 Å². The Balaban J connectivity index is 1.56. The van der Waals surface area contributed by atoms with E-state index in [0.717, 1.165) is 16.9 Å². The second-order valence-corrected chi connectivity index (χ2v) is 6.44. The molecule has 3 rings (SSSR count). The molecule has 0 radical (unpaired) electrons. The summed E-state index contributed by atoms with van der Waals surface area (Å²) in [6.07, 6.45) is 1.06. The van der Waals surface area contributed by atoms with Crippen LogP contribution in [0, 0.1) is 0 Å². The summed E-state index contributed by atoms with van der Waals surface area (Å²) in [6.45, 7) is 4.10. The third-order valence-corrected chi connectivity index (χ3v) is 4.71. The maximum Gasteiger partial charge on any atom is 0.261 e. The molecule has 1 heterocycles. The van der Waals surface area contributed by atoms with Crippen LogP contribution in [0.15, 0.2) is 48.5 Å². The van der Waals surface area contributed by atoms with Crippen molar-refractivity contribution < 1.29 is 14.4 Å². The monoisotopic (exact) mass is 350 g/mol. The largest absolute Gasteiger partial charge is 0.350 e. The summed E-state index contributed by atoms with van der Waals surface area (Å²) in [5, 5.41) is 2.92. The standard InChI is InChI=1S/C21H22N2O3/c1-3-15-8-10-16(11-9-15)14(2)22-19(24)12-13-23-20(25)17-6-4-5-7-18(17)21(23)26/h4-11,14H,3,12-13H2,1-2H3,(H,22,24). The number of benzene rings is 2. The van der Waals surface area contributed by atoms with Gasteiger partial charge < -0.3 is 5.32 Å². The third-order valence-electron chi connectivity index (χ3n) is 4.71. The molecule has 0 spiro atoms. The van der Waals surface area contributed by atoms with Gasteiger partial charge in [-0.3, -0.25) is 19.3 Å². The Hall–Kier alpha value is -2.95. The second kappa shape index (κ2) is 7.52. The van der Waals surface area contributed by atoms with Crippen molar-refractivity contribution in [3.05, 3.63) is 70.8 Å². The highest BCUT2D eigenvalue weighted by Gasteiger charge is 2.34. The van der Waals surface area contributed by atoms with E-state index in [-0.39, 0.29) is 36.7 Å². The number of nitrogens with one attached hydrogen (secondary N) is 1. The fraction of sp³-hybridized carbons (Fsp3) is 0.286. The number of carbonyl (C=O) groups is 3. The van der Waals surface area contributed by atoms with E-state index < -0.39 is 0 Å². The first-order chi connectivity index (χ1) is 12.5. The number of fused-ring (bicyclic) bond motifs is 1. The number of carbonyl (C=O) groups excluding carboxylic acids is 3. The molecule has 0 aliphatic carbocycles. The zero-order chi connectivity index (χ0) is 18.7. The molecule has 1 aliphatic rings. The van der Waals surface area contributed by atoms with E-state index in [4.69, 9.17) is 0 Å². The van der Waals surface area contributed by atoms with E-state index in [1.807, 2.05) is 19.1 Å². The lowest BCUT2D eigenvalue weighted by molar-refractivity contribution is -0.121. The van der Waals surface area contributed by atoms with Gasteiger partial charge in [-0.05, 0) is 36.6 Å². The van der Waals surface area contributed by atoms with Gasteiger partial charge in [0.05, 0.1) is 17.2 Å².